The molecule has 3 rings (SSSR count). The van der Waals surface area contributed by atoms with Crippen LogP contribution in [0.5, 0.6) is 0 Å². The quantitative estimate of drug-likeness (QED) is 0.903. The van der Waals surface area contributed by atoms with Gasteiger partial charge in [-0.15, -0.1) is 0 Å². The molecule has 1 saturated heterocycles. The number of nitrogens with zero attached hydrogens (tertiary/aromatic N) is 1. The fourth-order valence-electron chi connectivity index (χ4n) is 3.05. The number of likely N-dealkylation sites (N-methyl/N-ethyl adjacent to an activating group) is 1. The number of benzene rings is 2. The van der Waals surface area contributed by atoms with Gasteiger partial charge >= 0.3 is 0 Å². The molecule has 100 valence electrons. The number of rotatable bonds is 3. The SMILES string of the molecule is CN(CC1CCCCN1)c1cccc2ccccc12. The van der Waals surface area contributed by atoms with Crippen molar-refractivity contribution in [2.24, 2.45) is 0 Å². The van der Waals surface area contributed by atoms with Crippen molar-refractivity contribution in [3.8, 4) is 0 Å². The number of hydrogen-bond acceptors (Lipinski definition) is 2. The molecule has 0 amide bonds. The first-order valence-corrected chi connectivity index (χ1v) is 7.27. The molecule has 1 aliphatic heterocycles. The van der Waals surface area contributed by atoms with Gasteiger partial charge in [-0.1, -0.05) is 42.8 Å². The second-order valence-electron chi connectivity index (χ2n) is 5.53. The van der Waals surface area contributed by atoms with E-state index in [2.05, 4.69) is 59.7 Å². The van der Waals surface area contributed by atoms with Crippen LogP contribution in [0.3, 0.4) is 0 Å². The van der Waals surface area contributed by atoms with Crippen molar-refractivity contribution in [1.82, 2.24) is 5.32 Å². The molecule has 1 heterocycles. The zero-order valence-electron chi connectivity index (χ0n) is 11.6. The monoisotopic (exact) mass is 254 g/mol. The van der Waals surface area contributed by atoms with Crippen LogP contribution in [0.15, 0.2) is 42.5 Å². The van der Waals surface area contributed by atoms with Gasteiger partial charge in [0.15, 0.2) is 0 Å². The first-order chi connectivity index (χ1) is 9.34. The fraction of sp³-hybridized carbons (Fsp3) is 0.412. The van der Waals surface area contributed by atoms with Gasteiger partial charge in [0.05, 0.1) is 0 Å². The topological polar surface area (TPSA) is 15.3 Å². The van der Waals surface area contributed by atoms with Crippen LogP contribution in [0, 0.1) is 0 Å². The normalized spacial score (nSPS) is 19.5. The second kappa shape index (κ2) is 5.62. The van der Waals surface area contributed by atoms with E-state index in [-0.39, 0.29) is 0 Å². The Kier molecular flexibility index (Phi) is 3.69. The van der Waals surface area contributed by atoms with Crippen LogP contribution in [-0.2, 0) is 0 Å². The highest BCUT2D eigenvalue weighted by Gasteiger charge is 2.15. The molecule has 0 saturated carbocycles. The van der Waals surface area contributed by atoms with Gasteiger partial charge in [0.25, 0.3) is 0 Å². The van der Waals surface area contributed by atoms with Crippen molar-refractivity contribution in [3.63, 3.8) is 0 Å². The van der Waals surface area contributed by atoms with Crippen LogP contribution in [0.1, 0.15) is 19.3 Å². The summed E-state index contributed by atoms with van der Waals surface area (Å²) in [5.41, 5.74) is 1.34. The van der Waals surface area contributed by atoms with E-state index in [1.165, 1.54) is 42.3 Å². The van der Waals surface area contributed by atoms with Crippen LogP contribution in [0.4, 0.5) is 5.69 Å². The van der Waals surface area contributed by atoms with Crippen LogP contribution in [-0.4, -0.2) is 26.2 Å². The van der Waals surface area contributed by atoms with Crippen molar-refractivity contribution in [2.75, 3.05) is 25.0 Å². The minimum Gasteiger partial charge on any atom is -0.373 e. The highest BCUT2D eigenvalue weighted by Crippen LogP contribution is 2.26. The fourth-order valence-corrected chi connectivity index (χ4v) is 3.05. The van der Waals surface area contributed by atoms with Crippen molar-refractivity contribution < 1.29 is 0 Å². The van der Waals surface area contributed by atoms with Crippen molar-refractivity contribution in [2.45, 2.75) is 25.3 Å². The lowest BCUT2D eigenvalue weighted by Gasteiger charge is -2.30. The van der Waals surface area contributed by atoms with Gasteiger partial charge in [0, 0.05) is 30.7 Å². The third-order valence-corrected chi connectivity index (χ3v) is 4.08. The molecule has 1 unspecified atom stereocenters. The van der Waals surface area contributed by atoms with Gasteiger partial charge in [0.2, 0.25) is 0 Å². The summed E-state index contributed by atoms with van der Waals surface area (Å²) in [7, 11) is 2.21. The lowest BCUT2D eigenvalue weighted by atomic mass is 10.0. The van der Waals surface area contributed by atoms with E-state index in [0.717, 1.165) is 6.54 Å². The Morgan fingerprint density at radius 3 is 2.79 bits per heavy atom. The number of fused-ring (bicyclic) bond motifs is 1. The van der Waals surface area contributed by atoms with Gasteiger partial charge in [-0.2, -0.15) is 0 Å². The summed E-state index contributed by atoms with van der Waals surface area (Å²) in [6, 6.07) is 15.8. The molecule has 1 fully saturated rings. The largest absolute Gasteiger partial charge is 0.373 e. The minimum atomic E-state index is 0.637. The Labute approximate surface area is 115 Å². The Balaban J connectivity index is 1.82. The molecular formula is C17H22N2. The Morgan fingerprint density at radius 2 is 1.95 bits per heavy atom. The van der Waals surface area contributed by atoms with Gasteiger partial charge in [-0.25, -0.2) is 0 Å². The van der Waals surface area contributed by atoms with E-state index in [1.807, 2.05) is 0 Å². The summed E-state index contributed by atoms with van der Waals surface area (Å²) >= 11 is 0. The van der Waals surface area contributed by atoms with Crippen LogP contribution >= 0.6 is 0 Å². The molecule has 2 aromatic rings. The van der Waals surface area contributed by atoms with E-state index in [9.17, 15) is 0 Å². The molecule has 0 radical (unpaired) electrons. The van der Waals surface area contributed by atoms with Crippen LogP contribution in [0.25, 0.3) is 10.8 Å². The van der Waals surface area contributed by atoms with Crippen LogP contribution < -0.4 is 10.2 Å². The van der Waals surface area contributed by atoms with Crippen molar-refractivity contribution in [3.05, 3.63) is 42.5 Å². The summed E-state index contributed by atoms with van der Waals surface area (Å²) in [6.45, 7) is 2.27. The molecule has 1 atom stereocenters. The van der Waals surface area contributed by atoms with E-state index in [0.29, 0.717) is 6.04 Å². The molecule has 2 heteroatoms. The summed E-state index contributed by atoms with van der Waals surface area (Å²) in [5.74, 6) is 0. The molecule has 19 heavy (non-hydrogen) atoms. The third kappa shape index (κ3) is 2.74. The highest BCUT2D eigenvalue weighted by molar-refractivity contribution is 5.94. The lowest BCUT2D eigenvalue weighted by molar-refractivity contribution is 0.403. The Hall–Kier alpha value is -1.54. The zero-order chi connectivity index (χ0) is 13.1. The Bertz CT molecular complexity index is 538. The van der Waals surface area contributed by atoms with E-state index in [1.54, 1.807) is 0 Å². The molecule has 1 N–H and O–H groups in total. The average Bonchev–Trinajstić information content (AvgIpc) is 2.47. The number of nitrogens with one attached hydrogen (secondary N) is 1. The van der Waals surface area contributed by atoms with Gasteiger partial charge in [-0.05, 0) is 30.8 Å². The molecule has 1 aliphatic rings. The molecular weight excluding hydrogens is 232 g/mol. The summed E-state index contributed by atoms with van der Waals surface area (Å²) in [6.07, 6.45) is 3.99. The van der Waals surface area contributed by atoms with Crippen LogP contribution in [0.2, 0.25) is 0 Å². The lowest BCUT2D eigenvalue weighted by Crippen LogP contribution is -2.42. The average molecular weight is 254 g/mol. The van der Waals surface area contributed by atoms with E-state index < -0.39 is 0 Å². The first kappa shape index (κ1) is 12.5. The molecule has 2 nitrogen and oxygen atoms in total. The smallest absolute Gasteiger partial charge is 0.0443 e. The zero-order valence-corrected chi connectivity index (χ0v) is 11.6. The predicted molar refractivity (Wildman–Crippen MR) is 82.9 cm³/mol. The third-order valence-electron chi connectivity index (χ3n) is 4.08. The molecule has 0 aromatic heterocycles. The van der Waals surface area contributed by atoms with E-state index in [4.69, 9.17) is 0 Å². The maximum Gasteiger partial charge on any atom is 0.0443 e. The standard InChI is InChI=1S/C17H22N2/c1-19(13-15-9-4-5-12-18-15)17-11-6-8-14-7-2-3-10-16(14)17/h2-3,6-8,10-11,15,18H,4-5,9,12-13H2,1H3. The summed E-state index contributed by atoms with van der Waals surface area (Å²) in [5, 5.41) is 6.30. The van der Waals surface area contributed by atoms with Gasteiger partial charge in [0.1, 0.15) is 0 Å². The summed E-state index contributed by atoms with van der Waals surface area (Å²) < 4.78 is 0. The van der Waals surface area contributed by atoms with E-state index >= 15 is 0 Å². The number of piperidine rings is 1. The van der Waals surface area contributed by atoms with Gasteiger partial charge < -0.3 is 10.2 Å². The Morgan fingerprint density at radius 1 is 1.11 bits per heavy atom. The maximum absolute atomic E-state index is 3.63. The number of anilines is 1. The molecule has 0 aliphatic carbocycles. The molecule has 0 bridgehead atoms. The predicted octanol–water partition coefficient (Wildman–Crippen LogP) is 3.42. The second-order valence-corrected chi connectivity index (χ2v) is 5.53. The van der Waals surface area contributed by atoms with Crippen molar-refractivity contribution >= 4 is 16.5 Å². The first-order valence-electron chi connectivity index (χ1n) is 7.27. The maximum atomic E-state index is 3.63. The summed E-state index contributed by atoms with van der Waals surface area (Å²) in [4.78, 5) is 2.39. The van der Waals surface area contributed by atoms with Crippen molar-refractivity contribution in [1.29, 1.82) is 0 Å². The molecule has 0 spiro atoms. The molecule has 2 aromatic carbocycles. The highest BCUT2D eigenvalue weighted by atomic mass is 15.1. The number of hydrogen-bond donors (Lipinski definition) is 1. The van der Waals surface area contributed by atoms with Gasteiger partial charge in [-0.3, -0.25) is 0 Å². The minimum absolute atomic E-state index is 0.637.